The molecule has 2 rings (SSSR count). The lowest BCUT2D eigenvalue weighted by Gasteiger charge is -2.21. The first kappa shape index (κ1) is 8.80. The maximum atomic E-state index is 5.60. The highest BCUT2D eigenvalue weighted by molar-refractivity contribution is 8.00. The molecule has 1 saturated heterocycles. The van der Waals surface area contributed by atoms with E-state index in [-0.39, 0.29) is 4.75 Å². The van der Waals surface area contributed by atoms with Gasteiger partial charge >= 0.3 is 0 Å². The predicted octanol–water partition coefficient (Wildman–Crippen LogP) is 0.541. The highest BCUT2D eigenvalue weighted by Crippen LogP contribution is 2.38. The second-order valence-corrected chi connectivity index (χ2v) is 5.28. The minimum Gasteiger partial charge on any atom is -0.367 e. The standard InChI is InChI=1S/C7H13N5S/c1-7(3-2-4-13-7)5-12-6(8)9-10-11-12/h2-5H2,1H3,(H2,8,9,11). The van der Waals surface area contributed by atoms with Gasteiger partial charge in [0, 0.05) is 4.75 Å². The Bertz CT molecular complexity index is 291. The number of hydrogen-bond acceptors (Lipinski definition) is 5. The highest BCUT2D eigenvalue weighted by Gasteiger charge is 2.30. The van der Waals surface area contributed by atoms with Crippen molar-refractivity contribution in [3.05, 3.63) is 0 Å². The molecule has 2 N–H and O–H groups in total. The molecule has 1 unspecified atom stereocenters. The largest absolute Gasteiger partial charge is 0.367 e. The summed E-state index contributed by atoms with van der Waals surface area (Å²) >= 11 is 1.98. The molecule has 1 aromatic rings. The molecule has 0 bridgehead atoms. The first-order valence-electron chi connectivity index (χ1n) is 4.35. The van der Waals surface area contributed by atoms with Crippen molar-refractivity contribution in [2.75, 3.05) is 11.5 Å². The van der Waals surface area contributed by atoms with Crippen molar-refractivity contribution in [1.29, 1.82) is 0 Å². The number of hydrogen-bond donors (Lipinski definition) is 1. The van der Waals surface area contributed by atoms with Gasteiger partial charge in [-0.05, 0) is 35.9 Å². The van der Waals surface area contributed by atoms with Crippen molar-refractivity contribution in [1.82, 2.24) is 20.2 Å². The van der Waals surface area contributed by atoms with Crippen LogP contribution in [0.1, 0.15) is 19.8 Å². The summed E-state index contributed by atoms with van der Waals surface area (Å²) in [6.45, 7) is 3.06. The number of anilines is 1. The van der Waals surface area contributed by atoms with Crippen molar-refractivity contribution >= 4 is 17.7 Å². The molecule has 0 amide bonds. The van der Waals surface area contributed by atoms with E-state index in [0.29, 0.717) is 5.95 Å². The Morgan fingerprint density at radius 2 is 2.54 bits per heavy atom. The fourth-order valence-electron chi connectivity index (χ4n) is 1.60. The van der Waals surface area contributed by atoms with Crippen LogP contribution in [0.3, 0.4) is 0 Å². The maximum Gasteiger partial charge on any atom is 0.240 e. The van der Waals surface area contributed by atoms with Crippen LogP contribution in [-0.4, -0.2) is 30.7 Å². The lowest BCUT2D eigenvalue weighted by atomic mass is 10.1. The van der Waals surface area contributed by atoms with Crippen LogP contribution in [0, 0.1) is 0 Å². The number of rotatable bonds is 2. The first-order valence-corrected chi connectivity index (χ1v) is 5.34. The average Bonchev–Trinajstić information content (AvgIpc) is 2.64. The number of nitrogens with zero attached hydrogens (tertiary/aromatic N) is 4. The zero-order valence-corrected chi connectivity index (χ0v) is 8.42. The van der Waals surface area contributed by atoms with Crippen LogP contribution in [-0.2, 0) is 6.54 Å². The van der Waals surface area contributed by atoms with E-state index >= 15 is 0 Å². The molecule has 6 heteroatoms. The zero-order chi connectivity index (χ0) is 9.31. The molecule has 2 heterocycles. The molecule has 0 saturated carbocycles. The Hall–Kier alpha value is -0.780. The summed E-state index contributed by atoms with van der Waals surface area (Å²) in [5.74, 6) is 1.65. The van der Waals surface area contributed by atoms with Crippen LogP contribution in [0.5, 0.6) is 0 Å². The van der Waals surface area contributed by atoms with Crippen molar-refractivity contribution in [3.8, 4) is 0 Å². The quantitative estimate of drug-likeness (QED) is 0.753. The van der Waals surface area contributed by atoms with E-state index in [1.807, 2.05) is 11.8 Å². The Balaban J connectivity index is 2.09. The van der Waals surface area contributed by atoms with Crippen LogP contribution >= 0.6 is 11.8 Å². The van der Waals surface area contributed by atoms with E-state index < -0.39 is 0 Å². The van der Waals surface area contributed by atoms with Crippen molar-refractivity contribution < 1.29 is 0 Å². The van der Waals surface area contributed by atoms with E-state index in [4.69, 9.17) is 5.73 Å². The van der Waals surface area contributed by atoms with Crippen molar-refractivity contribution in [2.45, 2.75) is 31.1 Å². The van der Waals surface area contributed by atoms with Gasteiger partial charge in [0.25, 0.3) is 0 Å². The van der Waals surface area contributed by atoms with Crippen LogP contribution < -0.4 is 5.73 Å². The van der Waals surface area contributed by atoms with E-state index in [1.54, 1.807) is 4.68 Å². The molecule has 0 spiro atoms. The number of thioether (sulfide) groups is 1. The molecule has 1 fully saturated rings. The van der Waals surface area contributed by atoms with Crippen LogP contribution in [0.2, 0.25) is 0 Å². The maximum absolute atomic E-state index is 5.60. The molecule has 0 radical (unpaired) electrons. The van der Waals surface area contributed by atoms with Crippen LogP contribution in [0.4, 0.5) is 5.95 Å². The molecule has 0 aliphatic carbocycles. The molecule has 0 aromatic carbocycles. The van der Waals surface area contributed by atoms with Crippen molar-refractivity contribution in [2.24, 2.45) is 0 Å². The van der Waals surface area contributed by atoms with E-state index in [2.05, 4.69) is 22.4 Å². The molecule has 1 aliphatic heterocycles. The smallest absolute Gasteiger partial charge is 0.240 e. The normalized spacial score (nSPS) is 28.1. The SMILES string of the molecule is CC1(Cn2nnnc2N)CCCS1. The summed E-state index contributed by atoms with van der Waals surface area (Å²) < 4.78 is 1.95. The van der Waals surface area contributed by atoms with Gasteiger partial charge < -0.3 is 5.73 Å². The highest BCUT2D eigenvalue weighted by atomic mass is 32.2. The minimum atomic E-state index is 0.267. The molecule has 13 heavy (non-hydrogen) atoms. The fourth-order valence-corrected chi connectivity index (χ4v) is 2.89. The number of nitrogens with two attached hydrogens (primary N) is 1. The molecule has 5 nitrogen and oxygen atoms in total. The van der Waals surface area contributed by atoms with Gasteiger partial charge in [0.1, 0.15) is 0 Å². The predicted molar refractivity (Wildman–Crippen MR) is 52.3 cm³/mol. The average molecular weight is 199 g/mol. The Kier molecular flexibility index (Phi) is 2.15. The molecule has 72 valence electrons. The van der Waals surface area contributed by atoms with Gasteiger partial charge in [-0.1, -0.05) is 5.10 Å². The summed E-state index contributed by atoms with van der Waals surface area (Å²) in [7, 11) is 0. The van der Waals surface area contributed by atoms with E-state index in [0.717, 1.165) is 6.54 Å². The molecule has 1 atom stereocenters. The van der Waals surface area contributed by atoms with Gasteiger partial charge in [-0.2, -0.15) is 11.8 Å². The molecule has 1 aliphatic rings. The minimum absolute atomic E-state index is 0.267. The topological polar surface area (TPSA) is 69.6 Å². The summed E-state index contributed by atoms with van der Waals surface area (Å²) in [4.78, 5) is 0. The van der Waals surface area contributed by atoms with Crippen LogP contribution in [0.25, 0.3) is 0 Å². The Morgan fingerprint density at radius 1 is 1.69 bits per heavy atom. The summed E-state index contributed by atoms with van der Waals surface area (Å²) in [5, 5.41) is 11.0. The van der Waals surface area contributed by atoms with Gasteiger partial charge in [0.15, 0.2) is 0 Å². The van der Waals surface area contributed by atoms with E-state index in [1.165, 1.54) is 18.6 Å². The lowest BCUT2D eigenvalue weighted by Crippen LogP contribution is -2.25. The molecular weight excluding hydrogens is 186 g/mol. The second kappa shape index (κ2) is 3.17. The third-order valence-corrected chi connectivity index (χ3v) is 3.87. The number of tetrazole rings is 1. The van der Waals surface area contributed by atoms with Crippen molar-refractivity contribution in [3.63, 3.8) is 0 Å². The van der Waals surface area contributed by atoms with E-state index in [9.17, 15) is 0 Å². The summed E-state index contributed by atoms with van der Waals surface area (Å²) in [6.07, 6.45) is 2.50. The second-order valence-electron chi connectivity index (χ2n) is 3.60. The monoisotopic (exact) mass is 199 g/mol. The lowest BCUT2D eigenvalue weighted by molar-refractivity contribution is 0.471. The Labute approximate surface area is 81.1 Å². The molecule has 1 aromatic heterocycles. The number of nitrogen functional groups attached to an aromatic ring is 1. The number of aromatic nitrogens is 4. The third kappa shape index (κ3) is 1.77. The summed E-state index contributed by atoms with van der Waals surface area (Å²) in [6, 6.07) is 0. The first-order chi connectivity index (χ1) is 6.20. The van der Waals surface area contributed by atoms with Gasteiger partial charge in [0.05, 0.1) is 6.54 Å². The van der Waals surface area contributed by atoms with Gasteiger partial charge in [0.2, 0.25) is 5.95 Å². The summed E-state index contributed by atoms with van der Waals surface area (Å²) in [5.41, 5.74) is 5.60. The molecular formula is C7H13N5S. The van der Waals surface area contributed by atoms with Gasteiger partial charge in [-0.25, -0.2) is 4.68 Å². The fraction of sp³-hybridized carbons (Fsp3) is 0.857. The van der Waals surface area contributed by atoms with Gasteiger partial charge in [-0.3, -0.25) is 0 Å². The third-order valence-electron chi connectivity index (χ3n) is 2.34. The Morgan fingerprint density at radius 3 is 3.08 bits per heavy atom. The van der Waals surface area contributed by atoms with Gasteiger partial charge in [-0.15, -0.1) is 0 Å². The van der Waals surface area contributed by atoms with Crippen LogP contribution in [0.15, 0.2) is 0 Å². The zero-order valence-electron chi connectivity index (χ0n) is 7.60.